The van der Waals surface area contributed by atoms with Gasteiger partial charge in [0.2, 0.25) is 0 Å². The lowest BCUT2D eigenvalue weighted by atomic mass is 9.81. The molecule has 0 fully saturated rings. The van der Waals surface area contributed by atoms with E-state index in [1.807, 2.05) is 36.4 Å². The van der Waals surface area contributed by atoms with Gasteiger partial charge in [0.25, 0.3) is 0 Å². The van der Waals surface area contributed by atoms with Crippen molar-refractivity contribution in [3.05, 3.63) is 47.5 Å². The van der Waals surface area contributed by atoms with Gasteiger partial charge >= 0.3 is 0 Å². The maximum atomic E-state index is 12.8. The van der Waals surface area contributed by atoms with Crippen LogP contribution in [0.2, 0.25) is 0 Å². The van der Waals surface area contributed by atoms with Gasteiger partial charge in [0.1, 0.15) is 5.41 Å². The van der Waals surface area contributed by atoms with Crippen molar-refractivity contribution in [2.75, 3.05) is 27.4 Å². The first-order valence-electron chi connectivity index (χ1n) is 6.29. The van der Waals surface area contributed by atoms with Crippen LogP contribution in [-0.4, -0.2) is 33.2 Å². The zero-order valence-corrected chi connectivity index (χ0v) is 11.1. The van der Waals surface area contributed by atoms with Crippen molar-refractivity contribution in [1.29, 1.82) is 0 Å². The highest BCUT2D eigenvalue weighted by molar-refractivity contribution is 6.20. The fraction of sp³-hybridized carbons (Fsp3) is 0.312. The molecule has 0 atom stereocenters. The standard InChI is InChI=1S/C16H16O3/c1-18-9-16(10-19-2)13-8-4-6-11-5-3-7-12(14(11)13)15(16)17/h3-8H,9-10H2,1-2H3. The Balaban J connectivity index is 2.32. The van der Waals surface area contributed by atoms with Crippen LogP contribution < -0.4 is 0 Å². The third-order valence-electron chi connectivity index (χ3n) is 3.88. The molecule has 19 heavy (non-hydrogen) atoms. The predicted octanol–water partition coefficient (Wildman–Crippen LogP) is 2.57. The van der Waals surface area contributed by atoms with E-state index in [9.17, 15) is 4.79 Å². The third kappa shape index (κ3) is 1.55. The van der Waals surface area contributed by atoms with Gasteiger partial charge in [-0.25, -0.2) is 0 Å². The minimum atomic E-state index is -0.702. The molecule has 98 valence electrons. The molecular formula is C16H16O3. The van der Waals surface area contributed by atoms with E-state index in [0.29, 0.717) is 13.2 Å². The molecule has 2 aromatic carbocycles. The number of carbonyl (C=O) groups is 1. The van der Waals surface area contributed by atoms with Crippen LogP contribution in [0.5, 0.6) is 0 Å². The zero-order valence-electron chi connectivity index (χ0n) is 11.1. The minimum absolute atomic E-state index is 0.100. The molecule has 0 saturated carbocycles. The summed E-state index contributed by atoms with van der Waals surface area (Å²) in [5.74, 6) is 0.100. The van der Waals surface area contributed by atoms with E-state index in [0.717, 1.165) is 21.9 Å². The summed E-state index contributed by atoms with van der Waals surface area (Å²) >= 11 is 0. The van der Waals surface area contributed by atoms with E-state index in [-0.39, 0.29) is 5.78 Å². The van der Waals surface area contributed by atoms with Crippen LogP contribution in [0.3, 0.4) is 0 Å². The van der Waals surface area contributed by atoms with E-state index < -0.39 is 5.41 Å². The summed E-state index contributed by atoms with van der Waals surface area (Å²) in [5, 5.41) is 2.14. The molecule has 0 radical (unpaired) electrons. The van der Waals surface area contributed by atoms with Gasteiger partial charge in [-0.15, -0.1) is 0 Å². The number of ketones is 1. The molecule has 1 aliphatic carbocycles. The van der Waals surface area contributed by atoms with Crippen LogP contribution in [0.15, 0.2) is 36.4 Å². The van der Waals surface area contributed by atoms with Crippen molar-refractivity contribution < 1.29 is 14.3 Å². The number of ether oxygens (including phenoxy) is 2. The van der Waals surface area contributed by atoms with Gasteiger partial charge in [-0.1, -0.05) is 36.4 Å². The Morgan fingerprint density at radius 2 is 1.63 bits per heavy atom. The molecule has 2 aromatic rings. The van der Waals surface area contributed by atoms with E-state index in [1.165, 1.54) is 0 Å². The van der Waals surface area contributed by atoms with Gasteiger partial charge in [-0.05, 0) is 16.3 Å². The Kier molecular flexibility index (Phi) is 2.88. The van der Waals surface area contributed by atoms with Crippen molar-refractivity contribution >= 4 is 16.6 Å². The van der Waals surface area contributed by atoms with Gasteiger partial charge in [0.15, 0.2) is 5.78 Å². The van der Waals surface area contributed by atoms with E-state index in [1.54, 1.807) is 14.2 Å². The first kappa shape index (κ1) is 12.3. The van der Waals surface area contributed by atoms with Crippen molar-refractivity contribution in [3.8, 4) is 0 Å². The van der Waals surface area contributed by atoms with E-state index in [2.05, 4.69) is 0 Å². The summed E-state index contributed by atoms with van der Waals surface area (Å²) < 4.78 is 10.6. The highest BCUT2D eigenvalue weighted by atomic mass is 16.5. The first-order valence-corrected chi connectivity index (χ1v) is 6.29. The molecule has 3 nitrogen and oxygen atoms in total. The Morgan fingerprint density at radius 3 is 2.26 bits per heavy atom. The monoisotopic (exact) mass is 256 g/mol. The Labute approximate surface area is 112 Å². The zero-order chi connectivity index (χ0) is 13.5. The summed E-state index contributed by atoms with van der Waals surface area (Å²) in [7, 11) is 3.24. The molecule has 1 aliphatic rings. The summed E-state index contributed by atoms with van der Waals surface area (Å²) in [6.45, 7) is 0.681. The second kappa shape index (κ2) is 4.44. The van der Waals surface area contributed by atoms with Crippen LogP contribution in [-0.2, 0) is 14.9 Å². The predicted molar refractivity (Wildman–Crippen MR) is 73.7 cm³/mol. The minimum Gasteiger partial charge on any atom is -0.383 e. The van der Waals surface area contributed by atoms with Crippen LogP contribution in [0.25, 0.3) is 10.8 Å². The van der Waals surface area contributed by atoms with Crippen molar-refractivity contribution in [2.45, 2.75) is 5.41 Å². The first-order chi connectivity index (χ1) is 9.24. The molecule has 0 N–H and O–H groups in total. The Bertz CT molecular complexity index is 634. The van der Waals surface area contributed by atoms with Crippen LogP contribution in [0.4, 0.5) is 0 Å². The van der Waals surface area contributed by atoms with Gasteiger partial charge in [0.05, 0.1) is 13.2 Å². The van der Waals surface area contributed by atoms with Crippen molar-refractivity contribution in [3.63, 3.8) is 0 Å². The topological polar surface area (TPSA) is 35.5 Å². The third-order valence-corrected chi connectivity index (χ3v) is 3.88. The fourth-order valence-corrected chi connectivity index (χ4v) is 3.13. The molecule has 0 spiro atoms. The van der Waals surface area contributed by atoms with Crippen molar-refractivity contribution in [1.82, 2.24) is 0 Å². The van der Waals surface area contributed by atoms with Crippen LogP contribution >= 0.6 is 0 Å². The van der Waals surface area contributed by atoms with Gasteiger partial charge < -0.3 is 9.47 Å². The Hall–Kier alpha value is -1.71. The lowest BCUT2D eigenvalue weighted by molar-refractivity contribution is 0.0482. The van der Waals surface area contributed by atoms with E-state index in [4.69, 9.17) is 9.47 Å². The number of Topliss-reactive ketones (excluding diaryl/α,β-unsaturated/α-hetero) is 1. The maximum Gasteiger partial charge on any atom is 0.178 e. The highest BCUT2D eigenvalue weighted by Gasteiger charge is 2.47. The molecule has 3 rings (SSSR count). The number of carbonyl (C=O) groups excluding carboxylic acids is 1. The maximum absolute atomic E-state index is 12.8. The fourth-order valence-electron chi connectivity index (χ4n) is 3.13. The molecule has 0 aromatic heterocycles. The molecule has 0 saturated heterocycles. The second-order valence-electron chi connectivity index (χ2n) is 4.99. The van der Waals surface area contributed by atoms with Gasteiger partial charge in [-0.3, -0.25) is 4.79 Å². The van der Waals surface area contributed by atoms with Crippen LogP contribution in [0.1, 0.15) is 15.9 Å². The van der Waals surface area contributed by atoms with Crippen molar-refractivity contribution in [2.24, 2.45) is 0 Å². The van der Waals surface area contributed by atoms with E-state index >= 15 is 0 Å². The Morgan fingerprint density at radius 1 is 1.00 bits per heavy atom. The molecule has 0 unspecified atom stereocenters. The number of hydrogen-bond acceptors (Lipinski definition) is 3. The molecule has 0 bridgehead atoms. The summed E-state index contributed by atoms with van der Waals surface area (Å²) in [4.78, 5) is 12.8. The molecule has 0 heterocycles. The second-order valence-corrected chi connectivity index (χ2v) is 4.99. The normalized spacial score (nSPS) is 16.2. The largest absolute Gasteiger partial charge is 0.383 e. The molecule has 3 heteroatoms. The summed E-state index contributed by atoms with van der Waals surface area (Å²) in [6, 6.07) is 11.9. The number of benzene rings is 2. The van der Waals surface area contributed by atoms with Crippen LogP contribution in [0, 0.1) is 0 Å². The molecule has 0 amide bonds. The molecule has 0 aliphatic heterocycles. The van der Waals surface area contributed by atoms with Gasteiger partial charge in [0, 0.05) is 19.8 Å². The lowest BCUT2D eigenvalue weighted by Crippen LogP contribution is -2.41. The summed E-state index contributed by atoms with van der Waals surface area (Å²) in [5.41, 5.74) is 1.10. The molecular weight excluding hydrogens is 240 g/mol. The highest BCUT2D eigenvalue weighted by Crippen LogP contribution is 2.42. The smallest absolute Gasteiger partial charge is 0.178 e. The SMILES string of the molecule is COCC1(COC)C(=O)c2cccc3cccc1c23. The number of methoxy groups -OCH3 is 2. The number of hydrogen-bond donors (Lipinski definition) is 0. The lowest BCUT2D eigenvalue weighted by Gasteiger charge is -2.27. The average molecular weight is 256 g/mol. The summed E-state index contributed by atoms with van der Waals surface area (Å²) in [6.07, 6.45) is 0. The van der Waals surface area contributed by atoms with Gasteiger partial charge in [-0.2, -0.15) is 0 Å². The quantitative estimate of drug-likeness (QED) is 0.843. The number of rotatable bonds is 4. The average Bonchev–Trinajstić information content (AvgIpc) is 2.66.